The van der Waals surface area contributed by atoms with Gasteiger partial charge in [0.15, 0.2) is 0 Å². The van der Waals surface area contributed by atoms with Crippen molar-refractivity contribution >= 4 is 23.5 Å². The predicted octanol–water partition coefficient (Wildman–Crippen LogP) is 4.95. The first kappa shape index (κ1) is 14.1. The topological polar surface area (TPSA) is 0 Å². The zero-order valence-electron chi connectivity index (χ0n) is 11.7. The van der Waals surface area contributed by atoms with Crippen LogP contribution in [-0.2, 0) is 24.3 Å². The average molecular weight is 300 g/mol. The van der Waals surface area contributed by atoms with E-state index in [1.54, 1.807) is 0 Å². The maximum Gasteiger partial charge on any atom is 0.0184 e. The highest BCUT2D eigenvalue weighted by atomic mass is 32.2. The van der Waals surface area contributed by atoms with Gasteiger partial charge in [0.25, 0.3) is 0 Å². The second-order valence-electron chi connectivity index (χ2n) is 5.24. The zero-order chi connectivity index (χ0) is 13.6. The van der Waals surface area contributed by atoms with Crippen molar-refractivity contribution in [3.05, 3.63) is 70.8 Å². The molecule has 0 saturated heterocycles. The summed E-state index contributed by atoms with van der Waals surface area (Å²) in [6, 6.07) is 18.3. The van der Waals surface area contributed by atoms with Gasteiger partial charge in [-0.05, 0) is 46.6 Å². The Kier molecular flexibility index (Phi) is 5.10. The van der Waals surface area contributed by atoms with Gasteiger partial charge in [-0.15, -0.1) is 0 Å². The minimum atomic E-state index is 1.13. The molecule has 0 N–H and O–H groups in total. The molecule has 104 valence electrons. The van der Waals surface area contributed by atoms with Crippen LogP contribution in [0.25, 0.3) is 0 Å². The minimum Gasteiger partial charge on any atom is -0.157 e. The van der Waals surface area contributed by atoms with Crippen molar-refractivity contribution < 1.29 is 0 Å². The van der Waals surface area contributed by atoms with Gasteiger partial charge in [0.05, 0.1) is 0 Å². The van der Waals surface area contributed by atoms with Crippen molar-refractivity contribution in [2.75, 3.05) is 11.5 Å². The van der Waals surface area contributed by atoms with Crippen LogP contribution in [0, 0.1) is 0 Å². The van der Waals surface area contributed by atoms with E-state index in [1.807, 2.05) is 23.5 Å². The van der Waals surface area contributed by atoms with Gasteiger partial charge in [-0.25, -0.2) is 0 Å². The van der Waals surface area contributed by atoms with Crippen LogP contribution in [0.5, 0.6) is 0 Å². The van der Waals surface area contributed by atoms with Crippen LogP contribution < -0.4 is 0 Å². The number of hydrogen-bond donors (Lipinski definition) is 0. The lowest BCUT2D eigenvalue weighted by molar-refractivity contribution is 1.10. The molecular formula is C18H20S2. The molecule has 2 aromatic rings. The first-order valence-corrected chi connectivity index (χ1v) is 9.52. The molecule has 0 aromatic heterocycles. The fourth-order valence-corrected chi connectivity index (χ4v) is 4.34. The zero-order valence-corrected chi connectivity index (χ0v) is 13.3. The van der Waals surface area contributed by atoms with Gasteiger partial charge < -0.3 is 0 Å². The standard InChI is InChI=1S/C18H20S2/c1-2-15-8-10-19-13-17-4-6-18(7-5-17)14-20-11-9-16(3-1)12-15/h1-7,12H,8-11,13-14H2. The van der Waals surface area contributed by atoms with Gasteiger partial charge in [0.2, 0.25) is 0 Å². The molecule has 2 heteroatoms. The molecule has 20 heavy (non-hydrogen) atoms. The van der Waals surface area contributed by atoms with Gasteiger partial charge >= 0.3 is 0 Å². The highest BCUT2D eigenvalue weighted by Crippen LogP contribution is 2.20. The van der Waals surface area contributed by atoms with E-state index in [4.69, 9.17) is 0 Å². The van der Waals surface area contributed by atoms with Crippen LogP contribution in [0.4, 0.5) is 0 Å². The maximum absolute atomic E-state index is 2.39. The molecule has 2 aliphatic heterocycles. The molecule has 4 rings (SSSR count). The Bertz CT molecular complexity index is 499. The SMILES string of the molecule is c1cc2cc(c1)CCSCc1ccc(cc1)CSCC2. The summed E-state index contributed by atoms with van der Waals surface area (Å²) in [5.74, 6) is 4.68. The van der Waals surface area contributed by atoms with Crippen molar-refractivity contribution in [3.63, 3.8) is 0 Å². The third-order valence-corrected chi connectivity index (χ3v) is 5.68. The molecule has 0 spiro atoms. The van der Waals surface area contributed by atoms with Crippen LogP contribution >= 0.6 is 23.5 Å². The molecule has 0 atom stereocenters. The Morgan fingerprint density at radius 1 is 0.600 bits per heavy atom. The molecule has 2 aromatic carbocycles. The Morgan fingerprint density at radius 3 is 1.60 bits per heavy atom. The van der Waals surface area contributed by atoms with Gasteiger partial charge in [0.1, 0.15) is 0 Å². The molecule has 0 aliphatic carbocycles. The summed E-state index contributed by atoms with van der Waals surface area (Å²) >= 11 is 4.08. The summed E-state index contributed by atoms with van der Waals surface area (Å²) in [4.78, 5) is 0. The second-order valence-corrected chi connectivity index (χ2v) is 7.45. The third-order valence-electron chi connectivity index (χ3n) is 3.62. The molecule has 0 fully saturated rings. The highest BCUT2D eigenvalue weighted by molar-refractivity contribution is 7.98. The first-order chi connectivity index (χ1) is 9.90. The van der Waals surface area contributed by atoms with E-state index in [-0.39, 0.29) is 0 Å². The molecular weight excluding hydrogens is 280 g/mol. The van der Waals surface area contributed by atoms with Gasteiger partial charge in [-0.1, -0.05) is 48.5 Å². The molecule has 0 nitrogen and oxygen atoms in total. The highest BCUT2D eigenvalue weighted by Gasteiger charge is 2.01. The van der Waals surface area contributed by atoms with E-state index in [2.05, 4.69) is 48.5 Å². The minimum absolute atomic E-state index is 1.13. The van der Waals surface area contributed by atoms with Crippen molar-refractivity contribution in [1.29, 1.82) is 0 Å². The second kappa shape index (κ2) is 7.24. The quantitative estimate of drug-likeness (QED) is 0.675. The summed E-state index contributed by atoms with van der Waals surface area (Å²) < 4.78 is 0. The Labute approximate surface area is 130 Å². The fraction of sp³-hybridized carbons (Fsp3) is 0.333. The average Bonchev–Trinajstić information content (AvgIpc) is 2.50. The molecule has 2 aliphatic rings. The van der Waals surface area contributed by atoms with Crippen LogP contribution in [0.3, 0.4) is 0 Å². The summed E-state index contributed by atoms with van der Waals surface area (Å²) in [6.07, 6.45) is 2.37. The molecule has 0 unspecified atom stereocenters. The molecule has 0 saturated carbocycles. The van der Waals surface area contributed by atoms with Gasteiger partial charge in [-0.3, -0.25) is 0 Å². The lowest BCUT2D eigenvalue weighted by Crippen LogP contribution is -1.93. The smallest absolute Gasteiger partial charge is 0.0184 e. The number of benzene rings is 2. The Hall–Kier alpha value is -0.860. The lowest BCUT2D eigenvalue weighted by atomic mass is 10.1. The number of thioether (sulfide) groups is 2. The molecule has 0 radical (unpaired) electrons. The predicted molar refractivity (Wildman–Crippen MR) is 92.6 cm³/mol. The van der Waals surface area contributed by atoms with Crippen molar-refractivity contribution in [2.24, 2.45) is 0 Å². The fourth-order valence-electron chi connectivity index (χ4n) is 2.43. The van der Waals surface area contributed by atoms with E-state index < -0.39 is 0 Å². The van der Waals surface area contributed by atoms with E-state index in [1.165, 1.54) is 46.6 Å². The van der Waals surface area contributed by atoms with Crippen molar-refractivity contribution in [1.82, 2.24) is 0 Å². The van der Waals surface area contributed by atoms with Crippen LogP contribution in [0.15, 0.2) is 48.5 Å². The lowest BCUT2D eigenvalue weighted by Gasteiger charge is -2.05. The normalized spacial score (nSPS) is 16.4. The van der Waals surface area contributed by atoms with Crippen molar-refractivity contribution in [3.8, 4) is 0 Å². The number of rotatable bonds is 0. The van der Waals surface area contributed by atoms with E-state index in [9.17, 15) is 0 Å². The maximum atomic E-state index is 2.39. The Morgan fingerprint density at radius 2 is 1.10 bits per heavy atom. The van der Waals surface area contributed by atoms with E-state index in [0.717, 1.165) is 11.5 Å². The van der Waals surface area contributed by atoms with Crippen LogP contribution in [0.2, 0.25) is 0 Å². The summed E-state index contributed by atoms with van der Waals surface area (Å²) in [5, 5.41) is 0. The largest absolute Gasteiger partial charge is 0.157 e. The number of aryl methyl sites for hydroxylation is 2. The molecule has 4 bridgehead atoms. The summed E-state index contributed by atoms with van der Waals surface area (Å²) in [7, 11) is 0. The summed E-state index contributed by atoms with van der Waals surface area (Å²) in [5.41, 5.74) is 5.88. The van der Waals surface area contributed by atoms with Gasteiger partial charge in [-0.2, -0.15) is 23.5 Å². The molecule has 0 amide bonds. The van der Waals surface area contributed by atoms with Crippen LogP contribution in [0.1, 0.15) is 22.3 Å². The summed E-state index contributed by atoms with van der Waals surface area (Å²) in [6.45, 7) is 0. The van der Waals surface area contributed by atoms with Gasteiger partial charge in [0, 0.05) is 11.5 Å². The van der Waals surface area contributed by atoms with E-state index in [0.29, 0.717) is 0 Å². The number of hydrogen-bond acceptors (Lipinski definition) is 2. The Balaban J connectivity index is 1.73. The van der Waals surface area contributed by atoms with Crippen molar-refractivity contribution in [2.45, 2.75) is 24.3 Å². The third kappa shape index (κ3) is 4.07. The monoisotopic (exact) mass is 300 g/mol. The van der Waals surface area contributed by atoms with E-state index >= 15 is 0 Å². The first-order valence-electron chi connectivity index (χ1n) is 7.21. The van der Waals surface area contributed by atoms with Crippen LogP contribution in [-0.4, -0.2) is 11.5 Å². The molecule has 2 heterocycles. The number of fused-ring (bicyclic) bond motifs is 8.